The molecule has 12 heteroatoms. The number of carboxylic acids is 2. The van der Waals surface area contributed by atoms with Gasteiger partial charge in [-0.1, -0.05) is 0 Å². The molecule has 0 atom stereocenters. The first kappa shape index (κ1) is 31.2. The number of nitrogens with zero attached hydrogens (tertiary/aromatic N) is 4. The fraction of sp³-hybridized carbons (Fsp3) is 0.0833. The van der Waals surface area contributed by atoms with Gasteiger partial charge in [-0.2, -0.15) is 0 Å². The molecule has 4 heterocycles. The first-order valence-electron chi connectivity index (χ1n) is 9.82. The molecule has 4 aromatic heterocycles. The summed E-state index contributed by atoms with van der Waals surface area (Å²) in [7, 11) is 3.28. The molecule has 0 radical (unpaired) electrons. The molecule has 0 aromatic carbocycles. The Morgan fingerprint density at radius 3 is 1.31 bits per heavy atom. The van der Waals surface area contributed by atoms with Gasteiger partial charge in [-0.05, 0) is 35.4 Å². The van der Waals surface area contributed by atoms with E-state index in [1.807, 2.05) is 0 Å². The maximum absolute atomic E-state index is 11.4. The minimum atomic E-state index is -1.29. The molecule has 0 spiro atoms. The molecular formula is C24H18N4Na2O6. The molecule has 36 heavy (non-hydrogen) atoms. The number of aromatic nitrogens is 4. The zero-order chi connectivity index (χ0) is 24.8. The Kier molecular flexibility index (Phi) is 12.1. The van der Waals surface area contributed by atoms with Gasteiger partial charge in [-0.3, -0.25) is 19.6 Å². The van der Waals surface area contributed by atoms with Crippen LogP contribution in [-0.2, 0) is 14.1 Å². The second-order valence-electron chi connectivity index (χ2n) is 7.23. The summed E-state index contributed by atoms with van der Waals surface area (Å²) in [5.41, 5.74) is 2.05. The Morgan fingerprint density at radius 2 is 1.00 bits per heavy atom. The summed E-state index contributed by atoms with van der Waals surface area (Å²) in [4.78, 5) is 51.9. The van der Waals surface area contributed by atoms with Crippen LogP contribution in [0.1, 0.15) is 20.7 Å². The van der Waals surface area contributed by atoms with Crippen molar-refractivity contribution in [2.24, 2.45) is 14.1 Å². The number of aromatic carboxylic acids is 2. The third-order valence-electron chi connectivity index (χ3n) is 4.82. The largest absolute Gasteiger partial charge is 1.00 e. The summed E-state index contributed by atoms with van der Waals surface area (Å²) < 4.78 is 2.86. The Morgan fingerprint density at radius 1 is 0.639 bits per heavy atom. The molecule has 0 fully saturated rings. The molecule has 4 rings (SSSR count). The summed E-state index contributed by atoms with van der Waals surface area (Å²) in [5.74, 6) is -2.58. The van der Waals surface area contributed by atoms with Crippen LogP contribution in [0, 0.1) is 0 Å². The van der Waals surface area contributed by atoms with Gasteiger partial charge in [0.1, 0.15) is 0 Å². The van der Waals surface area contributed by atoms with E-state index in [4.69, 9.17) is 0 Å². The van der Waals surface area contributed by atoms with Gasteiger partial charge in [0.05, 0.1) is 11.9 Å². The van der Waals surface area contributed by atoms with Gasteiger partial charge in [-0.15, -0.1) is 0 Å². The summed E-state index contributed by atoms with van der Waals surface area (Å²) in [6.07, 6.45) is 8.65. The van der Waals surface area contributed by atoms with Gasteiger partial charge in [0.25, 0.3) is 11.1 Å². The standard InChI is InChI=1S/2C12H10N2O3.2Na/c2*1-14-3-2-8(5-11(14)15)9-4-10(12(16)17)7-13-6-9;;/h2*2-7H,1H3,(H,16,17);;/q;;2*+1/p-2. The fourth-order valence-corrected chi connectivity index (χ4v) is 2.88. The minimum absolute atomic E-state index is 0. The Labute approximate surface area is 249 Å². The molecule has 0 saturated heterocycles. The second kappa shape index (κ2) is 14.0. The number of aryl methyl sites for hydroxylation is 2. The third kappa shape index (κ3) is 8.09. The van der Waals surface area contributed by atoms with Gasteiger partial charge in [0.2, 0.25) is 0 Å². The van der Waals surface area contributed by atoms with Gasteiger partial charge < -0.3 is 28.9 Å². The molecule has 0 saturated carbocycles. The molecule has 0 N–H and O–H groups in total. The van der Waals surface area contributed by atoms with Gasteiger partial charge in [-0.25, -0.2) is 0 Å². The maximum atomic E-state index is 11.4. The van der Waals surface area contributed by atoms with Crippen molar-refractivity contribution in [2.75, 3.05) is 0 Å². The maximum Gasteiger partial charge on any atom is 1.00 e. The van der Waals surface area contributed by atoms with Crippen molar-refractivity contribution < 1.29 is 78.9 Å². The van der Waals surface area contributed by atoms with E-state index >= 15 is 0 Å². The first-order chi connectivity index (χ1) is 16.2. The van der Waals surface area contributed by atoms with Crippen LogP contribution < -0.4 is 80.4 Å². The summed E-state index contributed by atoms with van der Waals surface area (Å²) >= 11 is 0. The molecule has 0 aliphatic carbocycles. The molecule has 172 valence electrons. The molecule has 0 unspecified atom stereocenters. The van der Waals surface area contributed by atoms with E-state index < -0.39 is 11.9 Å². The zero-order valence-electron chi connectivity index (χ0n) is 20.2. The van der Waals surface area contributed by atoms with Crippen LogP contribution in [0.25, 0.3) is 22.3 Å². The predicted molar refractivity (Wildman–Crippen MR) is 118 cm³/mol. The summed E-state index contributed by atoms with van der Waals surface area (Å²) in [6.45, 7) is 0. The van der Waals surface area contributed by atoms with E-state index in [0.717, 1.165) is 0 Å². The first-order valence-corrected chi connectivity index (χ1v) is 9.82. The molecule has 0 aliphatic heterocycles. The molecule has 4 aromatic rings. The van der Waals surface area contributed by atoms with Crippen molar-refractivity contribution in [1.82, 2.24) is 19.1 Å². The van der Waals surface area contributed by atoms with Crippen LogP contribution in [-0.4, -0.2) is 31.0 Å². The summed E-state index contributed by atoms with van der Waals surface area (Å²) in [5, 5.41) is 21.4. The summed E-state index contributed by atoms with van der Waals surface area (Å²) in [6, 6.07) is 9.15. The number of hydrogen-bond donors (Lipinski definition) is 0. The van der Waals surface area contributed by atoms with Crippen molar-refractivity contribution >= 4 is 11.9 Å². The van der Waals surface area contributed by atoms with E-state index in [-0.39, 0.29) is 81.4 Å². The molecule has 0 amide bonds. The Bertz CT molecular complexity index is 1390. The zero-order valence-corrected chi connectivity index (χ0v) is 24.2. The smallest absolute Gasteiger partial charge is 0.545 e. The Balaban J connectivity index is 0.000000341. The van der Waals surface area contributed by atoms with E-state index in [1.165, 1.54) is 58.2 Å². The number of hydrogen-bond acceptors (Lipinski definition) is 8. The van der Waals surface area contributed by atoms with Crippen LogP contribution in [0.3, 0.4) is 0 Å². The Hall–Kier alpha value is -2.86. The number of pyridine rings is 4. The number of carbonyl (C=O) groups is 2. The average Bonchev–Trinajstić information content (AvgIpc) is 2.83. The number of carboxylic acid groups (broad SMARTS) is 2. The van der Waals surface area contributed by atoms with Gasteiger partial charge >= 0.3 is 59.1 Å². The van der Waals surface area contributed by atoms with Crippen LogP contribution in [0.15, 0.2) is 83.2 Å². The molecular weight excluding hydrogens is 486 g/mol. The predicted octanol–water partition coefficient (Wildman–Crippen LogP) is -6.37. The van der Waals surface area contributed by atoms with Gasteiger partial charge in [0, 0.05) is 85.7 Å². The number of carbonyl (C=O) groups excluding carboxylic acids is 2. The SMILES string of the molecule is Cn1ccc(-c2cncc(C(=O)[O-])c2)cc1=O.Cn1ccc(-c2cncc(C(=O)[O-])c2)cc1=O.[Na+].[Na+]. The van der Waals surface area contributed by atoms with Crippen LogP contribution in [0.4, 0.5) is 0 Å². The second-order valence-corrected chi connectivity index (χ2v) is 7.23. The van der Waals surface area contributed by atoms with Crippen molar-refractivity contribution in [3.05, 3.63) is 105 Å². The van der Waals surface area contributed by atoms with Crippen molar-refractivity contribution in [3.8, 4) is 22.3 Å². The van der Waals surface area contributed by atoms with E-state index in [1.54, 1.807) is 38.6 Å². The average molecular weight is 504 g/mol. The van der Waals surface area contributed by atoms with Crippen LogP contribution in [0.5, 0.6) is 0 Å². The van der Waals surface area contributed by atoms with Crippen LogP contribution >= 0.6 is 0 Å². The normalized spacial score (nSPS) is 9.61. The van der Waals surface area contributed by atoms with Crippen molar-refractivity contribution in [1.29, 1.82) is 0 Å². The fourth-order valence-electron chi connectivity index (χ4n) is 2.88. The van der Waals surface area contributed by atoms with E-state index in [2.05, 4.69) is 9.97 Å². The number of rotatable bonds is 4. The van der Waals surface area contributed by atoms with Crippen molar-refractivity contribution in [3.63, 3.8) is 0 Å². The monoisotopic (exact) mass is 504 g/mol. The van der Waals surface area contributed by atoms with Gasteiger partial charge in [0.15, 0.2) is 0 Å². The van der Waals surface area contributed by atoms with Crippen molar-refractivity contribution in [2.45, 2.75) is 0 Å². The molecule has 10 nitrogen and oxygen atoms in total. The molecule has 0 bridgehead atoms. The molecule has 0 aliphatic rings. The quantitative estimate of drug-likeness (QED) is 0.249. The van der Waals surface area contributed by atoms with E-state index in [0.29, 0.717) is 22.3 Å². The third-order valence-corrected chi connectivity index (χ3v) is 4.82. The van der Waals surface area contributed by atoms with E-state index in [9.17, 15) is 29.4 Å². The van der Waals surface area contributed by atoms with Crippen LogP contribution in [0.2, 0.25) is 0 Å². The minimum Gasteiger partial charge on any atom is -0.545 e. The topological polar surface area (TPSA) is 150 Å².